The molecule has 1 aromatic carbocycles. The minimum absolute atomic E-state index is 0.0129. The van der Waals surface area contributed by atoms with Gasteiger partial charge in [-0.15, -0.1) is 0 Å². The highest BCUT2D eigenvalue weighted by molar-refractivity contribution is 5.79. The van der Waals surface area contributed by atoms with Crippen LogP contribution in [0.25, 0.3) is 0 Å². The molecule has 2 aliphatic rings. The van der Waals surface area contributed by atoms with E-state index in [1.807, 2.05) is 21.9 Å². The van der Waals surface area contributed by atoms with Crippen molar-refractivity contribution in [2.45, 2.75) is 51.0 Å². The Labute approximate surface area is 222 Å². The molecule has 2 aromatic rings. The Morgan fingerprint density at radius 2 is 2.08 bits per heavy atom. The number of fused-ring (bicyclic) bond motifs is 1. The van der Waals surface area contributed by atoms with Crippen LogP contribution >= 0.6 is 0 Å². The number of methoxy groups -OCH3 is 1. The van der Waals surface area contributed by atoms with Crippen molar-refractivity contribution in [1.29, 1.82) is 0 Å². The number of aryl methyl sites for hydroxylation is 1. The number of nitrogens with two attached hydrogens (primary N) is 1. The van der Waals surface area contributed by atoms with Crippen LogP contribution in [0.3, 0.4) is 0 Å². The first-order chi connectivity index (χ1) is 18.5. The highest BCUT2D eigenvalue weighted by Gasteiger charge is 2.47. The van der Waals surface area contributed by atoms with E-state index in [0.717, 1.165) is 24.8 Å². The van der Waals surface area contributed by atoms with Gasteiger partial charge in [0, 0.05) is 38.0 Å². The van der Waals surface area contributed by atoms with E-state index >= 15 is 0 Å². The lowest BCUT2D eigenvalue weighted by Crippen LogP contribution is -2.45. The van der Waals surface area contributed by atoms with Gasteiger partial charge < -0.3 is 34.4 Å². The van der Waals surface area contributed by atoms with Crippen LogP contribution in [0.15, 0.2) is 29.0 Å². The van der Waals surface area contributed by atoms with Crippen molar-refractivity contribution in [1.82, 2.24) is 14.8 Å². The molecule has 3 N–H and O–H groups in total. The maximum atomic E-state index is 13.5. The largest absolute Gasteiger partial charge is 0.493 e. The zero-order valence-corrected chi connectivity index (χ0v) is 22.1. The van der Waals surface area contributed by atoms with Gasteiger partial charge in [0.15, 0.2) is 17.4 Å². The Morgan fingerprint density at radius 1 is 1.26 bits per heavy atom. The van der Waals surface area contributed by atoms with Crippen LogP contribution in [-0.4, -0.2) is 84.4 Å². The summed E-state index contributed by atoms with van der Waals surface area (Å²) in [6, 6.07) is 3.25. The third-order valence-electron chi connectivity index (χ3n) is 7.38. The molecule has 1 fully saturated rings. The van der Waals surface area contributed by atoms with Crippen molar-refractivity contribution in [2.24, 2.45) is 11.7 Å². The van der Waals surface area contributed by atoms with Gasteiger partial charge in [0.1, 0.15) is 6.26 Å². The number of aliphatic carboxylic acids is 1. The number of benzene rings is 1. The molecule has 1 aromatic heterocycles. The fourth-order valence-electron chi connectivity index (χ4n) is 5.47. The maximum absolute atomic E-state index is 13.5. The third kappa shape index (κ3) is 6.21. The number of hydrogen-bond acceptors (Lipinski definition) is 9. The number of carboxylic acid groups (broad SMARTS) is 1. The van der Waals surface area contributed by atoms with Gasteiger partial charge in [-0.3, -0.25) is 14.5 Å². The number of amides is 1. The smallest absolute Gasteiger partial charge is 0.308 e. The Bertz CT molecular complexity index is 1070. The molecule has 3 heterocycles. The van der Waals surface area contributed by atoms with E-state index in [1.54, 1.807) is 13.3 Å². The van der Waals surface area contributed by atoms with E-state index in [9.17, 15) is 14.7 Å². The average Bonchev–Trinajstić information content (AvgIpc) is 3.67. The average molecular weight is 531 g/mol. The summed E-state index contributed by atoms with van der Waals surface area (Å²) in [7, 11) is 1.54. The van der Waals surface area contributed by atoms with E-state index in [1.165, 1.54) is 6.26 Å². The van der Waals surface area contributed by atoms with E-state index in [-0.39, 0.29) is 25.2 Å². The SMILES string of the molecule is CCCCN(CCCN)C(=O)CN1CC(c2cc(OC)c3c(c2)OCO3)C(C(=O)O)C1CCc1ncco1. The van der Waals surface area contributed by atoms with Crippen molar-refractivity contribution in [3.05, 3.63) is 36.0 Å². The van der Waals surface area contributed by atoms with Gasteiger partial charge in [-0.2, -0.15) is 0 Å². The lowest BCUT2D eigenvalue weighted by Gasteiger charge is -2.29. The molecule has 1 saturated heterocycles. The van der Waals surface area contributed by atoms with E-state index in [0.29, 0.717) is 62.2 Å². The first kappa shape index (κ1) is 27.7. The number of carbonyl (C=O) groups is 2. The lowest BCUT2D eigenvalue weighted by molar-refractivity contribution is -0.143. The number of rotatable bonds is 14. The topological polar surface area (TPSA) is 141 Å². The molecule has 11 nitrogen and oxygen atoms in total. The predicted molar refractivity (Wildman–Crippen MR) is 138 cm³/mol. The van der Waals surface area contributed by atoms with Gasteiger partial charge >= 0.3 is 5.97 Å². The number of unbranched alkanes of at least 4 members (excludes halogenated alkanes) is 1. The summed E-state index contributed by atoms with van der Waals surface area (Å²) < 4.78 is 22.1. The molecular weight excluding hydrogens is 492 g/mol. The summed E-state index contributed by atoms with van der Waals surface area (Å²) in [4.78, 5) is 34.3. The molecule has 3 unspecified atom stereocenters. The molecule has 11 heteroatoms. The molecule has 0 aliphatic carbocycles. The van der Waals surface area contributed by atoms with Gasteiger partial charge in [-0.25, -0.2) is 4.98 Å². The summed E-state index contributed by atoms with van der Waals surface area (Å²) in [6.07, 6.45) is 6.64. The van der Waals surface area contributed by atoms with Crippen LogP contribution in [0.1, 0.15) is 50.0 Å². The first-order valence-electron chi connectivity index (χ1n) is 13.3. The number of carboxylic acids is 1. The predicted octanol–water partition coefficient (Wildman–Crippen LogP) is 2.49. The second-order valence-electron chi connectivity index (χ2n) is 9.77. The highest BCUT2D eigenvalue weighted by Crippen LogP contribution is 2.47. The van der Waals surface area contributed by atoms with Crippen molar-refractivity contribution < 1.29 is 33.3 Å². The Kier molecular flexibility index (Phi) is 9.46. The molecule has 1 amide bonds. The Hall–Kier alpha value is -3.31. The Balaban J connectivity index is 1.62. The first-order valence-corrected chi connectivity index (χ1v) is 13.3. The van der Waals surface area contributed by atoms with Gasteiger partial charge in [0.05, 0.1) is 25.8 Å². The third-order valence-corrected chi connectivity index (χ3v) is 7.38. The molecule has 208 valence electrons. The van der Waals surface area contributed by atoms with Crippen LogP contribution in [-0.2, 0) is 16.0 Å². The summed E-state index contributed by atoms with van der Waals surface area (Å²) >= 11 is 0. The van der Waals surface area contributed by atoms with Gasteiger partial charge in [0.2, 0.25) is 18.4 Å². The van der Waals surface area contributed by atoms with E-state index in [4.69, 9.17) is 24.4 Å². The molecule has 38 heavy (non-hydrogen) atoms. The van der Waals surface area contributed by atoms with Gasteiger partial charge in [-0.05, 0) is 43.5 Å². The standard InChI is InChI=1S/C27H38N4O7/c1-3-4-10-30(11-5-8-28)24(32)16-31-15-19(18-13-21(35-2)26-22(14-18)37-17-38-26)25(27(33)34)20(31)6-7-23-29-9-12-36-23/h9,12-14,19-20,25H,3-8,10-11,15-17,28H2,1-2H3,(H,33,34). The number of ether oxygens (including phenoxy) is 3. The Morgan fingerprint density at radius 3 is 2.76 bits per heavy atom. The molecule has 0 bridgehead atoms. The van der Waals surface area contributed by atoms with Crippen LogP contribution in [0.4, 0.5) is 0 Å². The number of oxazole rings is 1. The van der Waals surface area contributed by atoms with Crippen molar-refractivity contribution in [2.75, 3.05) is 46.6 Å². The van der Waals surface area contributed by atoms with Gasteiger partial charge in [-0.1, -0.05) is 13.3 Å². The second-order valence-corrected chi connectivity index (χ2v) is 9.77. The molecule has 0 saturated carbocycles. The summed E-state index contributed by atoms with van der Waals surface area (Å²) in [5, 5.41) is 10.4. The normalized spacial score (nSPS) is 20.6. The van der Waals surface area contributed by atoms with Crippen molar-refractivity contribution >= 4 is 11.9 Å². The van der Waals surface area contributed by atoms with Gasteiger partial charge in [0.25, 0.3) is 0 Å². The molecule has 2 aliphatic heterocycles. The number of nitrogens with zero attached hydrogens (tertiary/aromatic N) is 3. The minimum atomic E-state index is -0.912. The zero-order chi connectivity index (χ0) is 27.1. The molecule has 4 rings (SSSR count). The molecule has 3 atom stereocenters. The number of hydrogen-bond donors (Lipinski definition) is 2. The van der Waals surface area contributed by atoms with Crippen LogP contribution < -0.4 is 19.9 Å². The monoisotopic (exact) mass is 530 g/mol. The summed E-state index contributed by atoms with van der Waals surface area (Å²) in [6.45, 7) is 4.47. The van der Waals surface area contributed by atoms with E-state index in [2.05, 4.69) is 11.9 Å². The molecule has 0 radical (unpaired) electrons. The number of likely N-dealkylation sites (tertiary alicyclic amines) is 1. The van der Waals surface area contributed by atoms with Crippen LogP contribution in [0.5, 0.6) is 17.2 Å². The number of aromatic nitrogens is 1. The fraction of sp³-hybridized carbons (Fsp3) is 0.593. The maximum Gasteiger partial charge on any atom is 0.308 e. The van der Waals surface area contributed by atoms with Crippen molar-refractivity contribution in [3.63, 3.8) is 0 Å². The quantitative estimate of drug-likeness (QED) is 0.374. The number of carbonyl (C=O) groups excluding carboxylic acids is 1. The van der Waals surface area contributed by atoms with Crippen LogP contribution in [0.2, 0.25) is 0 Å². The second kappa shape index (κ2) is 13.0. The molecular formula is C27H38N4O7. The van der Waals surface area contributed by atoms with Crippen molar-refractivity contribution in [3.8, 4) is 17.2 Å². The van der Waals surface area contributed by atoms with Crippen LogP contribution in [0, 0.1) is 5.92 Å². The molecule has 0 spiro atoms. The summed E-state index contributed by atoms with van der Waals surface area (Å²) in [5.41, 5.74) is 6.49. The minimum Gasteiger partial charge on any atom is -0.493 e. The fourth-order valence-corrected chi connectivity index (χ4v) is 5.47. The summed E-state index contributed by atoms with van der Waals surface area (Å²) in [5.74, 6) is 0.0222. The van der Waals surface area contributed by atoms with E-state index < -0.39 is 17.9 Å². The highest BCUT2D eigenvalue weighted by atomic mass is 16.7. The zero-order valence-electron chi connectivity index (χ0n) is 22.1. The lowest BCUT2D eigenvalue weighted by atomic mass is 9.83.